The molecule has 1 N–H and O–H groups in total. The number of rotatable bonds is 0. The van der Waals surface area contributed by atoms with E-state index in [9.17, 15) is 18.3 Å². The molecular weight excluding hydrogens is 231 g/mol. The lowest BCUT2D eigenvalue weighted by Gasteiger charge is -2.11. The Morgan fingerprint density at radius 1 is 1.12 bits per heavy atom. The van der Waals surface area contributed by atoms with Gasteiger partial charge in [0, 0.05) is 11.1 Å². The zero-order chi connectivity index (χ0) is 12.8. The summed E-state index contributed by atoms with van der Waals surface area (Å²) in [4.78, 5) is 4.04. The molecule has 0 amide bonds. The number of aromatic nitrogens is 1. The normalized spacial score (nSPS) is 12.1. The molecule has 0 aliphatic heterocycles. The number of hydrogen-bond acceptors (Lipinski definition) is 2. The van der Waals surface area contributed by atoms with Crippen molar-refractivity contribution in [1.82, 2.24) is 4.98 Å². The largest absolute Gasteiger partial charge is 0.506 e. The fourth-order valence-electron chi connectivity index (χ4n) is 1.80. The first-order valence-electron chi connectivity index (χ1n) is 4.97. The van der Waals surface area contributed by atoms with Gasteiger partial charge >= 0.3 is 6.18 Å². The summed E-state index contributed by atoms with van der Waals surface area (Å²) in [6.07, 6.45) is -4.47. The Kier molecular flexibility index (Phi) is 2.49. The lowest BCUT2D eigenvalue weighted by atomic mass is 10.0. The van der Waals surface area contributed by atoms with E-state index in [-0.39, 0.29) is 5.52 Å². The number of phenols is 1. The van der Waals surface area contributed by atoms with Gasteiger partial charge in [0.2, 0.25) is 0 Å². The second-order valence-electron chi connectivity index (χ2n) is 3.97. The van der Waals surface area contributed by atoms with Crippen molar-refractivity contribution in [3.63, 3.8) is 0 Å². The van der Waals surface area contributed by atoms with E-state index in [1.807, 2.05) is 0 Å². The second kappa shape index (κ2) is 3.61. The molecule has 5 heteroatoms. The Hall–Kier alpha value is -1.78. The first kappa shape index (κ1) is 11.7. The van der Waals surface area contributed by atoms with E-state index >= 15 is 0 Å². The molecule has 17 heavy (non-hydrogen) atoms. The van der Waals surface area contributed by atoms with E-state index < -0.39 is 17.5 Å². The predicted octanol–water partition coefficient (Wildman–Crippen LogP) is 3.58. The van der Waals surface area contributed by atoms with E-state index in [1.165, 1.54) is 0 Å². The molecule has 1 aromatic heterocycles. The lowest BCUT2D eigenvalue weighted by molar-refractivity contribution is -0.137. The van der Waals surface area contributed by atoms with Crippen LogP contribution in [-0.2, 0) is 6.18 Å². The van der Waals surface area contributed by atoms with E-state index in [0.717, 1.165) is 6.07 Å². The summed E-state index contributed by atoms with van der Waals surface area (Å²) in [7, 11) is 0. The minimum Gasteiger partial charge on any atom is -0.506 e. The van der Waals surface area contributed by atoms with Crippen LogP contribution in [0.5, 0.6) is 5.75 Å². The Labute approximate surface area is 95.7 Å². The fraction of sp³-hybridized carbons (Fsp3) is 0.250. The van der Waals surface area contributed by atoms with Crippen molar-refractivity contribution >= 4 is 10.9 Å². The van der Waals surface area contributed by atoms with Gasteiger partial charge in [-0.2, -0.15) is 13.2 Å². The summed E-state index contributed by atoms with van der Waals surface area (Å²) < 4.78 is 37.7. The molecule has 0 bridgehead atoms. The molecule has 0 atom stereocenters. The van der Waals surface area contributed by atoms with Gasteiger partial charge in [0.15, 0.2) is 0 Å². The second-order valence-corrected chi connectivity index (χ2v) is 3.97. The maximum absolute atomic E-state index is 12.6. The summed E-state index contributed by atoms with van der Waals surface area (Å²) >= 11 is 0. The highest BCUT2D eigenvalue weighted by molar-refractivity contribution is 5.88. The zero-order valence-corrected chi connectivity index (χ0v) is 9.26. The maximum atomic E-state index is 12.6. The Morgan fingerprint density at radius 2 is 1.76 bits per heavy atom. The van der Waals surface area contributed by atoms with Crippen molar-refractivity contribution in [3.8, 4) is 5.75 Å². The van der Waals surface area contributed by atoms with Crippen LogP contribution >= 0.6 is 0 Å². The highest BCUT2D eigenvalue weighted by Gasteiger charge is 2.31. The summed E-state index contributed by atoms with van der Waals surface area (Å²) in [6.45, 7) is 3.42. The predicted molar refractivity (Wildman–Crippen MR) is 57.9 cm³/mol. The van der Waals surface area contributed by atoms with Gasteiger partial charge in [0.1, 0.15) is 11.3 Å². The molecule has 1 heterocycles. The summed E-state index contributed by atoms with van der Waals surface area (Å²) in [5, 5.41) is 9.92. The van der Waals surface area contributed by atoms with Gasteiger partial charge in [-0.05, 0) is 37.6 Å². The molecule has 2 rings (SSSR count). The van der Waals surface area contributed by atoms with Crippen LogP contribution in [0, 0.1) is 13.8 Å². The van der Waals surface area contributed by atoms with Crippen LogP contribution in [0.2, 0.25) is 0 Å². The number of hydrogen-bond donors (Lipinski definition) is 1. The highest BCUT2D eigenvalue weighted by atomic mass is 19.4. The van der Waals surface area contributed by atoms with Crippen molar-refractivity contribution in [2.75, 3.05) is 0 Å². The Bertz CT molecular complexity index is 590. The van der Waals surface area contributed by atoms with E-state index in [1.54, 1.807) is 19.9 Å². The number of fused-ring (bicyclic) bond motifs is 1. The quantitative estimate of drug-likeness (QED) is 0.764. The number of nitrogens with zero attached hydrogens (tertiary/aromatic N) is 1. The van der Waals surface area contributed by atoms with Crippen LogP contribution in [0.3, 0.4) is 0 Å². The van der Waals surface area contributed by atoms with Crippen molar-refractivity contribution < 1.29 is 18.3 Å². The molecule has 0 spiro atoms. The van der Waals surface area contributed by atoms with Crippen LogP contribution in [-0.4, -0.2) is 10.1 Å². The van der Waals surface area contributed by atoms with Gasteiger partial charge in [0.25, 0.3) is 0 Å². The van der Waals surface area contributed by atoms with Crippen molar-refractivity contribution in [2.24, 2.45) is 0 Å². The average Bonchev–Trinajstić information content (AvgIpc) is 2.17. The first-order valence-corrected chi connectivity index (χ1v) is 4.97. The molecule has 0 aliphatic carbocycles. The molecule has 90 valence electrons. The van der Waals surface area contributed by atoms with Crippen LogP contribution in [0.25, 0.3) is 10.9 Å². The van der Waals surface area contributed by atoms with Gasteiger partial charge < -0.3 is 5.11 Å². The molecule has 0 fully saturated rings. The Morgan fingerprint density at radius 3 is 2.35 bits per heavy atom. The standard InChI is InChI=1S/C12H10F3NO/c1-6-3-7(2)16-11-9(6)4-8(5-10(11)17)12(13,14)15/h3-5,17H,1-2H3. The van der Waals surface area contributed by atoms with Crippen molar-refractivity contribution in [2.45, 2.75) is 20.0 Å². The SMILES string of the molecule is Cc1cc(C)c2cc(C(F)(F)F)cc(O)c2n1. The van der Waals surface area contributed by atoms with Gasteiger partial charge in [-0.15, -0.1) is 0 Å². The zero-order valence-electron chi connectivity index (χ0n) is 9.26. The minimum absolute atomic E-state index is 0.204. The summed E-state index contributed by atoms with van der Waals surface area (Å²) in [5.74, 6) is -0.443. The maximum Gasteiger partial charge on any atom is 0.416 e. The van der Waals surface area contributed by atoms with Crippen LogP contribution < -0.4 is 0 Å². The van der Waals surface area contributed by atoms with Gasteiger partial charge in [-0.1, -0.05) is 0 Å². The molecule has 0 saturated carbocycles. The number of halogens is 3. The van der Waals surface area contributed by atoms with Crippen LogP contribution in [0.1, 0.15) is 16.8 Å². The first-order chi connectivity index (χ1) is 7.79. The highest BCUT2D eigenvalue weighted by Crippen LogP contribution is 2.36. The topological polar surface area (TPSA) is 33.1 Å². The number of pyridine rings is 1. The van der Waals surface area contributed by atoms with E-state index in [0.29, 0.717) is 22.7 Å². The minimum atomic E-state index is -4.47. The summed E-state index contributed by atoms with van der Waals surface area (Å²) in [5.41, 5.74) is 0.658. The van der Waals surface area contributed by atoms with Crippen LogP contribution in [0.15, 0.2) is 18.2 Å². The summed E-state index contributed by atoms with van der Waals surface area (Å²) in [6, 6.07) is 3.40. The van der Waals surface area contributed by atoms with Crippen molar-refractivity contribution in [3.05, 3.63) is 35.0 Å². The number of benzene rings is 1. The number of phenolic OH excluding ortho intramolecular Hbond substituents is 1. The van der Waals surface area contributed by atoms with Crippen molar-refractivity contribution in [1.29, 1.82) is 0 Å². The lowest BCUT2D eigenvalue weighted by Crippen LogP contribution is -2.05. The molecule has 2 aromatic rings. The van der Waals surface area contributed by atoms with Gasteiger partial charge in [-0.3, -0.25) is 0 Å². The van der Waals surface area contributed by atoms with E-state index in [4.69, 9.17) is 0 Å². The monoisotopic (exact) mass is 241 g/mol. The third kappa shape index (κ3) is 2.05. The molecule has 0 radical (unpaired) electrons. The smallest absolute Gasteiger partial charge is 0.416 e. The fourth-order valence-corrected chi connectivity index (χ4v) is 1.80. The Balaban J connectivity index is 2.83. The van der Waals surface area contributed by atoms with Gasteiger partial charge in [0.05, 0.1) is 5.56 Å². The molecule has 0 aliphatic rings. The van der Waals surface area contributed by atoms with Crippen LogP contribution in [0.4, 0.5) is 13.2 Å². The average molecular weight is 241 g/mol. The molecule has 0 saturated heterocycles. The van der Waals surface area contributed by atoms with Gasteiger partial charge in [-0.25, -0.2) is 4.98 Å². The number of alkyl halides is 3. The number of aryl methyl sites for hydroxylation is 2. The third-order valence-corrected chi connectivity index (χ3v) is 2.56. The molecule has 1 aromatic carbocycles. The molecule has 2 nitrogen and oxygen atoms in total. The molecule has 0 unspecified atom stereocenters. The molecular formula is C12H10F3NO. The third-order valence-electron chi connectivity index (χ3n) is 2.56. The number of aromatic hydroxyl groups is 1. The van der Waals surface area contributed by atoms with E-state index in [2.05, 4.69) is 4.98 Å².